The smallest absolute Gasteiger partial charge is 0.119 e. The lowest BCUT2D eigenvalue weighted by molar-refractivity contribution is 0.0151. The lowest BCUT2D eigenvalue weighted by Crippen LogP contribution is -2.48. The molecule has 2 bridgehead atoms. The Balaban J connectivity index is 1.66. The van der Waals surface area contributed by atoms with Gasteiger partial charge in [0.2, 0.25) is 0 Å². The van der Waals surface area contributed by atoms with E-state index in [-0.39, 0.29) is 0 Å². The Bertz CT molecular complexity index is 376. The number of nitrogens with two attached hydrogens (primary N) is 1. The fourth-order valence-electron chi connectivity index (χ4n) is 3.02. The van der Waals surface area contributed by atoms with Crippen molar-refractivity contribution in [3.63, 3.8) is 0 Å². The minimum absolute atomic E-state index is 0.398. The molecule has 2 heterocycles. The van der Waals surface area contributed by atoms with Crippen LogP contribution in [0.5, 0.6) is 5.75 Å². The third kappa shape index (κ3) is 2.39. The molecule has 2 fully saturated rings. The van der Waals surface area contributed by atoms with Gasteiger partial charge in [-0.1, -0.05) is 0 Å². The third-order valence-corrected chi connectivity index (χ3v) is 3.97. The van der Waals surface area contributed by atoms with Crippen molar-refractivity contribution in [3.05, 3.63) is 24.3 Å². The zero-order valence-electron chi connectivity index (χ0n) is 10.1. The van der Waals surface area contributed by atoms with E-state index in [2.05, 4.69) is 4.90 Å². The van der Waals surface area contributed by atoms with Crippen molar-refractivity contribution < 1.29 is 4.74 Å². The molecule has 0 aromatic heterocycles. The molecule has 0 aliphatic carbocycles. The first-order valence-electron chi connectivity index (χ1n) is 6.56. The molecule has 0 spiro atoms. The predicted molar refractivity (Wildman–Crippen MR) is 69.1 cm³/mol. The highest BCUT2D eigenvalue weighted by molar-refractivity contribution is 5.41. The van der Waals surface area contributed by atoms with Crippen LogP contribution in [0.3, 0.4) is 0 Å². The minimum Gasteiger partial charge on any atom is -0.490 e. The second-order valence-electron chi connectivity index (χ2n) is 5.22. The Labute approximate surface area is 103 Å². The fraction of sp³-hybridized carbons (Fsp3) is 0.571. The second kappa shape index (κ2) is 4.57. The average molecular weight is 232 g/mol. The number of anilines is 1. The highest BCUT2D eigenvalue weighted by Gasteiger charge is 2.33. The molecule has 3 nitrogen and oxygen atoms in total. The van der Waals surface area contributed by atoms with Gasteiger partial charge >= 0.3 is 0 Å². The molecule has 0 amide bonds. The fourth-order valence-corrected chi connectivity index (χ4v) is 3.02. The molecule has 2 saturated heterocycles. The molecular weight excluding hydrogens is 212 g/mol. The maximum atomic E-state index is 6.11. The van der Waals surface area contributed by atoms with Gasteiger partial charge in [0.15, 0.2) is 0 Å². The molecular formula is C14H20N2O. The monoisotopic (exact) mass is 232 g/mol. The Morgan fingerprint density at radius 1 is 1.12 bits per heavy atom. The summed E-state index contributed by atoms with van der Waals surface area (Å²) >= 11 is 0. The highest BCUT2D eigenvalue weighted by Crippen LogP contribution is 2.30. The van der Waals surface area contributed by atoms with Crippen LogP contribution in [0.2, 0.25) is 0 Å². The summed E-state index contributed by atoms with van der Waals surface area (Å²) in [6, 6.07) is 7.77. The summed E-state index contributed by atoms with van der Waals surface area (Å²) < 4.78 is 6.11. The molecule has 17 heavy (non-hydrogen) atoms. The lowest BCUT2D eigenvalue weighted by atomic mass is 9.87. The number of nitrogen functional groups attached to an aromatic ring is 1. The summed E-state index contributed by atoms with van der Waals surface area (Å²) in [4.78, 5) is 2.57. The van der Waals surface area contributed by atoms with Crippen LogP contribution in [0, 0.1) is 5.92 Å². The van der Waals surface area contributed by atoms with Gasteiger partial charge in [-0.25, -0.2) is 0 Å². The number of benzene rings is 1. The number of rotatable bonds is 2. The van der Waals surface area contributed by atoms with E-state index in [1.165, 1.54) is 32.5 Å². The normalized spacial score (nSPS) is 32.1. The maximum Gasteiger partial charge on any atom is 0.119 e. The topological polar surface area (TPSA) is 38.5 Å². The summed E-state index contributed by atoms with van der Waals surface area (Å²) in [6.45, 7) is 3.70. The van der Waals surface area contributed by atoms with Gasteiger partial charge in [-0.2, -0.15) is 0 Å². The van der Waals surface area contributed by atoms with E-state index in [0.29, 0.717) is 6.10 Å². The summed E-state index contributed by atoms with van der Waals surface area (Å²) in [5.74, 6) is 1.68. The van der Waals surface area contributed by atoms with Crippen molar-refractivity contribution in [1.29, 1.82) is 0 Å². The van der Waals surface area contributed by atoms with Crippen molar-refractivity contribution >= 4 is 5.69 Å². The van der Waals surface area contributed by atoms with Crippen LogP contribution in [0.4, 0.5) is 5.69 Å². The van der Waals surface area contributed by atoms with Crippen LogP contribution in [0.15, 0.2) is 24.3 Å². The van der Waals surface area contributed by atoms with E-state index in [1.807, 2.05) is 24.3 Å². The van der Waals surface area contributed by atoms with E-state index in [1.54, 1.807) is 0 Å². The van der Waals surface area contributed by atoms with Gasteiger partial charge in [0.25, 0.3) is 0 Å². The lowest BCUT2D eigenvalue weighted by Gasteiger charge is -2.42. The van der Waals surface area contributed by atoms with Crippen molar-refractivity contribution in [2.45, 2.75) is 25.4 Å². The molecule has 0 radical (unpaired) electrons. The van der Waals surface area contributed by atoms with Crippen LogP contribution in [0.25, 0.3) is 0 Å². The molecule has 2 aliphatic rings. The summed E-state index contributed by atoms with van der Waals surface area (Å²) in [5.41, 5.74) is 6.47. The van der Waals surface area contributed by atoms with Crippen LogP contribution >= 0.6 is 0 Å². The van der Waals surface area contributed by atoms with Crippen LogP contribution < -0.4 is 10.5 Å². The zero-order chi connectivity index (χ0) is 11.7. The highest BCUT2D eigenvalue weighted by atomic mass is 16.5. The Morgan fingerprint density at radius 2 is 1.94 bits per heavy atom. The van der Waals surface area contributed by atoms with Gasteiger partial charge in [-0.3, -0.25) is 0 Å². The van der Waals surface area contributed by atoms with Crippen LogP contribution in [-0.4, -0.2) is 30.6 Å². The van der Waals surface area contributed by atoms with Gasteiger partial charge in [0.1, 0.15) is 11.9 Å². The molecule has 2 aliphatic heterocycles. The van der Waals surface area contributed by atoms with Crippen molar-refractivity contribution in [2.75, 3.05) is 25.4 Å². The van der Waals surface area contributed by atoms with Crippen molar-refractivity contribution in [3.8, 4) is 5.75 Å². The second-order valence-corrected chi connectivity index (χ2v) is 5.22. The molecule has 1 aromatic rings. The molecule has 3 atom stereocenters. The Morgan fingerprint density at radius 3 is 2.76 bits per heavy atom. The SMILES string of the molecule is Nc1ccc(O[C@@H]2CCN3CCC[C@H]2C3)cc1. The number of hydrogen-bond acceptors (Lipinski definition) is 3. The largest absolute Gasteiger partial charge is 0.490 e. The quantitative estimate of drug-likeness (QED) is 0.794. The summed E-state index contributed by atoms with van der Waals surface area (Å²) in [7, 11) is 0. The number of ether oxygens (including phenoxy) is 1. The number of nitrogens with zero attached hydrogens (tertiary/aromatic N) is 1. The molecule has 0 saturated carbocycles. The molecule has 3 rings (SSSR count). The van der Waals surface area contributed by atoms with Gasteiger partial charge in [-0.05, 0) is 50.1 Å². The van der Waals surface area contributed by atoms with Gasteiger partial charge in [0.05, 0.1) is 0 Å². The molecule has 3 heteroatoms. The Hall–Kier alpha value is -1.22. The van der Waals surface area contributed by atoms with E-state index in [9.17, 15) is 0 Å². The number of hydrogen-bond donors (Lipinski definition) is 1. The summed E-state index contributed by atoms with van der Waals surface area (Å²) in [6.07, 6.45) is 4.20. The standard InChI is InChI=1S/C14H20N2O/c15-12-3-5-13(6-4-12)17-14-7-9-16-8-1-2-11(14)10-16/h3-6,11,14H,1-2,7-10,15H2/t11-,14+/m0/s1. The van der Waals surface area contributed by atoms with Gasteiger partial charge < -0.3 is 15.4 Å². The van der Waals surface area contributed by atoms with E-state index < -0.39 is 0 Å². The first-order valence-corrected chi connectivity index (χ1v) is 6.56. The van der Waals surface area contributed by atoms with Gasteiger partial charge in [0, 0.05) is 24.7 Å². The number of fused-ring (bicyclic) bond motifs is 2. The summed E-state index contributed by atoms with van der Waals surface area (Å²) in [5, 5.41) is 0. The molecule has 1 aromatic carbocycles. The predicted octanol–water partition coefficient (Wildman–Crippen LogP) is 2.13. The molecule has 2 N–H and O–H groups in total. The van der Waals surface area contributed by atoms with Crippen LogP contribution in [0.1, 0.15) is 19.3 Å². The maximum absolute atomic E-state index is 6.11. The van der Waals surface area contributed by atoms with E-state index in [0.717, 1.165) is 23.8 Å². The van der Waals surface area contributed by atoms with E-state index in [4.69, 9.17) is 10.5 Å². The zero-order valence-corrected chi connectivity index (χ0v) is 10.1. The average Bonchev–Trinajstić information content (AvgIpc) is 2.36. The first kappa shape index (κ1) is 10.9. The van der Waals surface area contributed by atoms with Crippen LogP contribution in [-0.2, 0) is 0 Å². The first-order chi connectivity index (χ1) is 8.31. The molecule has 1 unspecified atom stereocenters. The van der Waals surface area contributed by atoms with E-state index >= 15 is 0 Å². The van der Waals surface area contributed by atoms with Crippen molar-refractivity contribution in [2.24, 2.45) is 5.92 Å². The Kier molecular flexibility index (Phi) is 2.93. The number of piperidine rings is 2. The van der Waals surface area contributed by atoms with Crippen molar-refractivity contribution in [1.82, 2.24) is 4.90 Å². The minimum atomic E-state index is 0.398. The third-order valence-electron chi connectivity index (χ3n) is 3.97. The molecule has 92 valence electrons. The van der Waals surface area contributed by atoms with Gasteiger partial charge in [-0.15, -0.1) is 0 Å².